The van der Waals surface area contributed by atoms with Crippen LogP contribution in [0.3, 0.4) is 0 Å². The van der Waals surface area contributed by atoms with E-state index in [1.807, 2.05) is 9.80 Å². The molecule has 4 rings (SSSR count). The van der Waals surface area contributed by atoms with E-state index in [0.29, 0.717) is 43.4 Å². The maximum absolute atomic E-state index is 13.6. The fourth-order valence-corrected chi connectivity index (χ4v) is 3.31. The van der Waals surface area contributed by atoms with Gasteiger partial charge in [-0.3, -0.25) is 9.69 Å². The highest BCUT2D eigenvalue weighted by molar-refractivity contribution is 5.78. The van der Waals surface area contributed by atoms with Crippen LogP contribution in [0.1, 0.15) is 11.3 Å². The second-order valence-electron chi connectivity index (χ2n) is 6.89. The van der Waals surface area contributed by atoms with Gasteiger partial charge in [0.05, 0.1) is 12.8 Å². The standard InChI is InChI=1S/C21H20FN5O3/c22-16-5-2-1-4-15(16)13-24-19(28)14-26-7-9-27(10-8-26)21-17(12-23)25-20(30-21)18-6-3-11-29-18/h1-6,11H,7-10,13-14H2,(H,24,28). The number of benzene rings is 1. The Bertz CT molecular complexity index is 1050. The van der Waals surface area contributed by atoms with Crippen molar-refractivity contribution in [3.05, 3.63) is 59.7 Å². The zero-order valence-electron chi connectivity index (χ0n) is 16.2. The third-order valence-corrected chi connectivity index (χ3v) is 4.91. The van der Waals surface area contributed by atoms with Crippen LogP contribution in [-0.4, -0.2) is 48.5 Å². The number of carbonyl (C=O) groups excluding carboxylic acids is 1. The molecule has 1 aromatic carbocycles. The number of nitrogens with one attached hydrogen (secondary N) is 1. The highest BCUT2D eigenvalue weighted by atomic mass is 19.1. The van der Waals surface area contributed by atoms with E-state index in [9.17, 15) is 14.4 Å². The number of hydrogen-bond acceptors (Lipinski definition) is 7. The third kappa shape index (κ3) is 4.34. The van der Waals surface area contributed by atoms with Gasteiger partial charge >= 0.3 is 0 Å². The van der Waals surface area contributed by atoms with Crippen molar-refractivity contribution in [2.45, 2.75) is 6.54 Å². The van der Waals surface area contributed by atoms with Crippen molar-refractivity contribution in [2.75, 3.05) is 37.6 Å². The number of hydrogen-bond donors (Lipinski definition) is 1. The molecule has 0 spiro atoms. The number of piperazine rings is 1. The molecule has 2 aromatic heterocycles. The van der Waals surface area contributed by atoms with Gasteiger partial charge in [-0.05, 0) is 18.2 Å². The minimum absolute atomic E-state index is 0.157. The van der Waals surface area contributed by atoms with Crippen LogP contribution in [0.5, 0.6) is 0 Å². The predicted octanol–water partition coefficient (Wildman–Crippen LogP) is 2.38. The van der Waals surface area contributed by atoms with E-state index in [4.69, 9.17) is 8.83 Å². The van der Waals surface area contributed by atoms with Gasteiger partial charge < -0.3 is 19.1 Å². The summed E-state index contributed by atoms with van der Waals surface area (Å²) in [5, 5.41) is 12.1. The van der Waals surface area contributed by atoms with E-state index in [0.717, 1.165) is 0 Å². The molecule has 154 valence electrons. The predicted molar refractivity (Wildman–Crippen MR) is 106 cm³/mol. The molecule has 1 aliphatic rings. The number of aromatic nitrogens is 1. The molecule has 3 aromatic rings. The van der Waals surface area contributed by atoms with Crippen LogP contribution in [0.4, 0.5) is 10.3 Å². The number of nitrogens with zero attached hydrogens (tertiary/aromatic N) is 4. The smallest absolute Gasteiger partial charge is 0.266 e. The molecular weight excluding hydrogens is 389 g/mol. The second-order valence-corrected chi connectivity index (χ2v) is 6.89. The van der Waals surface area contributed by atoms with Crippen molar-refractivity contribution in [3.8, 4) is 17.7 Å². The van der Waals surface area contributed by atoms with Crippen molar-refractivity contribution in [2.24, 2.45) is 0 Å². The first-order valence-corrected chi connectivity index (χ1v) is 9.56. The van der Waals surface area contributed by atoms with Crippen LogP contribution in [0, 0.1) is 17.1 Å². The quantitative estimate of drug-likeness (QED) is 0.667. The molecule has 8 nitrogen and oxygen atoms in total. The topological polar surface area (TPSA) is 98.5 Å². The van der Waals surface area contributed by atoms with Gasteiger partial charge in [-0.25, -0.2) is 4.39 Å². The molecule has 3 heterocycles. The molecule has 30 heavy (non-hydrogen) atoms. The third-order valence-electron chi connectivity index (χ3n) is 4.91. The monoisotopic (exact) mass is 409 g/mol. The van der Waals surface area contributed by atoms with E-state index < -0.39 is 0 Å². The maximum Gasteiger partial charge on any atom is 0.266 e. The summed E-state index contributed by atoms with van der Waals surface area (Å²) in [5.74, 6) is 0.641. The first-order valence-electron chi connectivity index (χ1n) is 9.56. The molecule has 0 saturated carbocycles. The minimum Gasteiger partial charge on any atom is -0.459 e. The lowest BCUT2D eigenvalue weighted by molar-refractivity contribution is -0.122. The van der Waals surface area contributed by atoms with Crippen molar-refractivity contribution >= 4 is 11.8 Å². The van der Waals surface area contributed by atoms with Gasteiger partial charge in [-0.2, -0.15) is 10.2 Å². The molecule has 1 saturated heterocycles. The van der Waals surface area contributed by atoms with Crippen molar-refractivity contribution in [3.63, 3.8) is 0 Å². The van der Waals surface area contributed by atoms with Gasteiger partial charge in [0.1, 0.15) is 11.9 Å². The summed E-state index contributed by atoms with van der Waals surface area (Å²) in [6.07, 6.45) is 1.52. The number of halogens is 1. The number of carbonyl (C=O) groups is 1. The Balaban J connectivity index is 1.30. The number of rotatable bonds is 6. The number of oxazole rings is 1. The van der Waals surface area contributed by atoms with Crippen molar-refractivity contribution in [1.29, 1.82) is 5.26 Å². The molecule has 1 fully saturated rings. The van der Waals surface area contributed by atoms with Crippen LogP contribution in [0.25, 0.3) is 11.7 Å². The SMILES string of the molecule is N#Cc1nc(-c2ccco2)oc1N1CCN(CC(=O)NCc2ccccc2F)CC1. The molecule has 0 unspecified atom stereocenters. The molecule has 0 aliphatic carbocycles. The lowest BCUT2D eigenvalue weighted by atomic mass is 10.2. The average Bonchev–Trinajstić information content (AvgIpc) is 3.43. The Hall–Kier alpha value is -3.64. The van der Waals surface area contributed by atoms with E-state index in [1.165, 1.54) is 12.3 Å². The molecule has 0 atom stereocenters. The summed E-state index contributed by atoms with van der Waals surface area (Å²) >= 11 is 0. The summed E-state index contributed by atoms with van der Waals surface area (Å²) in [6, 6.07) is 11.9. The van der Waals surface area contributed by atoms with Crippen molar-refractivity contribution in [1.82, 2.24) is 15.2 Å². The van der Waals surface area contributed by atoms with Crippen LogP contribution >= 0.6 is 0 Å². The summed E-state index contributed by atoms with van der Waals surface area (Å²) in [5.41, 5.74) is 0.662. The summed E-state index contributed by atoms with van der Waals surface area (Å²) < 4.78 is 24.7. The van der Waals surface area contributed by atoms with E-state index in [-0.39, 0.29) is 36.4 Å². The van der Waals surface area contributed by atoms with Crippen molar-refractivity contribution < 1.29 is 18.0 Å². The fraction of sp³-hybridized carbons (Fsp3) is 0.286. The summed E-state index contributed by atoms with van der Waals surface area (Å²) in [4.78, 5) is 20.4. The van der Waals surface area contributed by atoms with Crippen LogP contribution in [-0.2, 0) is 11.3 Å². The zero-order valence-corrected chi connectivity index (χ0v) is 16.2. The van der Waals surface area contributed by atoms with Gasteiger partial charge in [0.25, 0.3) is 5.89 Å². The number of amides is 1. The zero-order chi connectivity index (χ0) is 20.9. The van der Waals surface area contributed by atoms with Crippen LogP contribution in [0.15, 0.2) is 51.5 Å². The number of anilines is 1. The highest BCUT2D eigenvalue weighted by Gasteiger charge is 2.26. The number of furan rings is 1. The summed E-state index contributed by atoms with van der Waals surface area (Å²) in [7, 11) is 0. The molecule has 0 bridgehead atoms. The van der Waals surface area contributed by atoms with Gasteiger partial charge in [0.15, 0.2) is 5.76 Å². The highest BCUT2D eigenvalue weighted by Crippen LogP contribution is 2.29. The Labute approximate surface area is 172 Å². The maximum atomic E-state index is 13.6. The largest absolute Gasteiger partial charge is 0.459 e. The average molecular weight is 409 g/mol. The molecule has 9 heteroatoms. The van der Waals surface area contributed by atoms with Gasteiger partial charge in [0.2, 0.25) is 17.5 Å². The number of nitriles is 1. The van der Waals surface area contributed by atoms with Crippen LogP contribution < -0.4 is 10.2 Å². The summed E-state index contributed by atoms with van der Waals surface area (Å²) in [6.45, 7) is 2.79. The Morgan fingerprint density at radius 2 is 2.00 bits per heavy atom. The lowest BCUT2D eigenvalue weighted by Crippen LogP contribution is -2.49. The van der Waals surface area contributed by atoms with E-state index >= 15 is 0 Å². The van der Waals surface area contributed by atoms with E-state index in [1.54, 1.807) is 30.3 Å². The second kappa shape index (κ2) is 8.80. The molecular formula is C21H20FN5O3. The van der Waals surface area contributed by atoms with Crippen LogP contribution in [0.2, 0.25) is 0 Å². The first-order chi connectivity index (χ1) is 14.6. The molecule has 1 N–H and O–H groups in total. The lowest BCUT2D eigenvalue weighted by Gasteiger charge is -2.34. The van der Waals surface area contributed by atoms with Gasteiger partial charge in [0, 0.05) is 38.3 Å². The first kappa shape index (κ1) is 19.7. The minimum atomic E-state index is -0.333. The van der Waals surface area contributed by atoms with E-state index in [2.05, 4.69) is 16.4 Å². The van der Waals surface area contributed by atoms with Gasteiger partial charge in [-0.1, -0.05) is 18.2 Å². The Morgan fingerprint density at radius 1 is 1.20 bits per heavy atom. The molecule has 1 aliphatic heterocycles. The Kier molecular flexibility index (Phi) is 5.77. The fourth-order valence-electron chi connectivity index (χ4n) is 3.31. The molecule has 1 amide bonds. The normalized spacial score (nSPS) is 14.5. The Morgan fingerprint density at radius 3 is 2.70 bits per heavy atom. The van der Waals surface area contributed by atoms with Gasteiger partial charge in [-0.15, -0.1) is 0 Å². The molecule has 0 radical (unpaired) electrons.